The molecule has 1 fully saturated rings. The molecule has 1 aromatic carbocycles. The molecule has 0 bridgehead atoms. The zero-order chi connectivity index (χ0) is 15.7. The average molecular weight is 316 g/mol. The smallest absolute Gasteiger partial charge is 0.286 e. The third-order valence-corrected chi connectivity index (χ3v) is 5.04. The van der Waals surface area contributed by atoms with Crippen molar-refractivity contribution >= 4 is 28.4 Å². The summed E-state index contributed by atoms with van der Waals surface area (Å²) in [6.45, 7) is 7.65. The van der Waals surface area contributed by atoms with Crippen LogP contribution in [0.15, 0.2) is 40.2 Å². The monoisotopic (exact) mass is 316 g/mol. The Balaban J connectivity index is 1.82. The number of aliphatic imine (C=N–C) groups is 1. The molecule has 0 N–H and O–H groups in total. The van der Waals surface area contributed by atoms with Crippen LogP contribution in [0.3, 0.4) is 0 Å². The molecule has 0 aliphatic carbocycles. The number of ether oxygens (including phenoxy) is 1. The second kappa shape index (κ2) is 6.26. The Hall–Kier alpha value is -1.59. The summed E-state index contributed by atoms with van der Waals surface area (Å²) in [5.41, 5.74) is 2.06. The lowest BCUT2D eigenvalue weighted by Crippen LogP contribution is -2.47. The SMILES string of the molecule is C/C(=C1\SC(N2C[C@@H](C)O[C@@H](C)C2)=NC1=O)c1ccccc1. The summed E-state index contributed by atoms with van der Waals surface area (Å²) in [6.07, 6.45) is 0.316. The highest BCUT2D eigenvalue weighted by molar-refractivity contribution is 8.18. The van der Waals surface area contributed by atoms with Crippen molar-refractivity contribution in [1.29, 1.82) is 0 Å². The van der Waals surface area contributed by atoms with Crippen molar-refractivity contribution in [2.24, 2.45) is 4.99 Å². The maximum Gasteiger partial charge on any atom is 0.286 e. The van der Waals surface area contributed by atoms with Gasteiger partial charge in [0.1, 0.15) is 0 Å². The number of amides is 1. The van der Waals surface area contributed by atoms with Crippen LogP contribution in [0.4, 0.5) is 0 Å². The van der Waals surface area contributed by atoms with Crippen LogP contribution < -0.4 is 0 Å². The van der Waals surface area contributed by atoms with E-state index in [1.165, 1.54) is 11.8 Å². The summed E-state index contributed by atoms with van der Waals surface area (Å²) in [5, 5.41) is 0.803. The maximum atomic E-state index is 12.3. The molecule has 2 heterocycles. The lowest BCUT2D eigenvalue weighted by atomic mass is 10.1. The van der Waals surface area contributed by atoms with Gasteiger partial charge in [0.15, 0.2) is 5.17 Å². The molecule has 1 aromatic rings. The summed E-state index contributed by atoms with van der Waals surface area (Å²) in [5.74, 6) is -0.131. The first-order valence-electron chi connectivity index (χ1n) is 7.52. The molecule has 3 rings (SSSR count). The molecule has 5 heteroatoms. The van der Waals surface area contributed by atoms with E-state index in [4.69, 9.17) is 4.74 Å². The standard InChI is InChI=1S/C17H20N2O2S/c1-11-9-19(10-12(2)21-11)17-18-16(20)15(22-17)13(3)14-7-5-4-6-8-14/h4-8,11-12H,9-10H2,1-3H3/b15-13+/t11-,12+. The molecule has 1 amide bonds. The van der Waals surface area contributed by atoms with Crippen LogP contribution in [0.1, 0.15) is 26.3 Å². The molecule has 0 spiro atoms. The minimum atomic E-state index is -0.131. The van der Waals surface area contributed by atoms with E-state index in [1.54, 1.807) is 0 Å². The second-order valence-electron chi connectivity index (χ2n) is 5.78. The Kier molecular flexibility index (Phi) is 4.36. The van der Waals surface area contributed by atoms with Crippen molar-refractivity contribution in [3.63, 3.8) is 0 Å². The van der Waals surface area contributed by atoms with Crippen molar-refractivity contribution in [2.75, 3.05) is 13.1 Å². The van der Waals surface area contributed by atoms with Gasteiger partial charge in [-0.3, -0.25) is 4.79 Å². The molecule has 22 heavy (non-hydrogen) atoms. The number of hydrogen-bond donors (Lipinski definition) is 0. The lowest BCUT2D eigenvalue weighted by Gasteiger charge is -2.35. The number of morpholine rings is 1. The van der Waals surface area contributed by atoms with E-state index >= 15 is 0 Å². The highest BCUT2D eigenvalue weighted by Crippen LogP contribution is 2.35. The van der Waals surface area contributed by atoms with Gasteiger partial charge in [0, 0.05) is 13.1 Å². The van der Waals surface area contributed by atoms with Gasteiger partial charge in [0.2, 0.25) is 0 Å². The first-order valence-corrected chi connectivity index (χ1v) is 8.34. The van der Waals surface area contributed by atoms with Crippen molar-refractivity contribution in [3.05, 3.63) is 40.8 Å². The summed E-state index contributed by atoms with van der Waals surface area (Å²) >= 11 is 1.48. The van der Waals surface area contributed by atoms with E-state index in [9.17, 15) is 4.79 Å². The van der Waals surface area contributed by atoms with Gasteiger partial charge in [-0.1, -0.05) is 30.3 Å². The predicted molar refractivity (Wildman–Crippen MR) is 90.7 cm³/mol. The van der Waals surface area contributed by atoms with Gasteiger partial charge in [-0.2, -0.15) is 4.99 Å². The van der Waals surface area contributed by atoms with E-state index < -0.39 is 0 Å². The Morgan fingerprint density at radius 3 is 2.50 bits per heavy atom. The molecule has 2 aliphatic rings. The summed E-state index contributed by atoms with van der Waals surface area (Å²) < 4.78 is 5.74. The third-order valence-electron chi connectivity index (χ3n) is 3.82. The highest BCUT2D eigenvalue weighted by Gasteiger charge is 2.32. The van der Waals surface area contributed by atoms with Crippen LogP contribution in [0, 0.1) is 0 Å². The van der Waals surface area contributed by atoms with Crippen LogP contribution in [0.2, 0.25) is 0 Å². The average Bonchev–Trinajstić information content (AvgIpc) is 2.88. The second-order valence-corrected chi connectivity index (χ2v) is 6.76. The zero-order valence-corrected chi connectivity index (χ0v) is 13.9. The summed E-state index contributed by atoms with van der Waals surface area (Å²) in [4.78, 5) is 19.4. The number of hydrogen-bond acceptors (Lipinski definition) is 4. The topological polar surface area (TPSA) is 41.9 Å². The number of thioether (sulfide) groups is 1. The molecular formula is C17H20N2O2S. The Morgan fingerprint density at radius 2 is 1.86 bits per heavy atom. The maximum absolute atomic E-state index is 12.3. The van der Waals surface area contributed by atoms with Crippen molar-refractivity contribution < 1.29 is 9.53 Å². The molecule has 0 saturated carbocycles. The van der Waals surface area contributed by atoms with Crippen molar-refractivity contribution in [1.82, 2.24) is 4.90 Å². The first kappa shape index (κ1) is 15.3. The Morgan fingerprint density at radius 1 is 1.23 bits per heavy atom. The fraction of sp³-hybridized carbons (Fsp3) is 0.412. The molecule has 0 aromatic heterocycles. The number of rotatable bonds is 1. The van der Waals surface area contributed by atoms with Gasteiger partial charge in [-0.15, -0.1) is 0 Å². The van der Waals surface area contributed by atoms with Gasteiger partial charge in [-0.25, -0.2) is 0 Å². The lowest BCUT2D eigenvalue weighted by molar-refractivity contribution is -0.113. The summed E-state index contributed by atoms with van der Waals surface area (Å²) in [7, 11) is 0. The van der Waals surface area contributed by atoms with E-state index in [0.29, 0.717) is 0 Å². The number of benzene rings is 1. The van der Waals surface area contributed by atoms with Crippen LogP contribution in [0.25, 0.3) is 5.57 Å². The number of nitrogens with zero attached hydrogens (tertiary/aromatic N) is 2. The minimum Gasteiger partial charge on any atom is -0.372 e. The first-order chi connectivity index (χ1) is 10.5. The molecule has 2 atom stereocenters. The van der Waals surface area contributed by atoms with E-state index in [-0.39, 0.29) is 18.1 Å². The zero-order valence-electron chi connectivity index (χ0n) is 13.1. The fourth-order valence-corrected chi connectivity index (χ4v) is 3.81. The normalized spacial score (nSPS) is 27.9. The Labute approximate surface area is 135 Å². The number of amidine groups is 1. The molecular weight excluding hydrogens is 296 g/mol. The number of carbonyl (C=O) groups is 1. The van der Waals surface area contributed by atoms with Crippen LogP contribution >= 0.6 is 11.8 Å². The molecule has 2 aliphatic heterocycles. The third kappa shape index (κ3) is 3.10. The minimum absolute atomic E-state index is 0.131. The van der Waals surface area contributed by atoms with Gasteiger partial charge < -0.3 is 9.64 Å². The van der Waals surface area contributed by atoms with E-state index in [0.717, 1.165) is 34.3 Å². The van der Waals surface area contributed by atoms with Gasteiger partial charge in [0.25, 0.3) is 5.91 Å². The van der Waals surface area contributed by atoms with Crippen LogP contribution in [-0.2, 0) is 9.53 Å². The molecule has 0 radical (unpaired) electrons. The predicted octanol–water partition coefficient (Wildman–Crippen LogP) is 3.16. The highest BCUT2D eigenvalue weighted by atomic mass is 32.2. The molecule has 1 saturated heterocycles. The van der Waals surface area contributed by atoms with Crippen LogP contribution in [-0.4, -0.2) is 41.3 Å². The fourth-order valence-electron chi connectivity index (χ4n) is 2.82. The van der Waals surface area contributed by atoms with Gasteiger partial charge in [0.05, 0.1) is 17.1 Å². The van der Waals surface area contributed by atoms with Crippen molar-refractivity contribution in [3.8, 4) is 0 Å². The van der Waals surface area contributed by atoms with E-state index in [2.05, 4.69) is 23.7 Å². The van der Waals surface area contributed by atoms with Gasteiger partial charge >= 0.3 is 0 Å². The largest absolute Gasteiger partial charge is 0.372 e. The summed E-state index contributed by atoms with van der Waals surface area (Å²) in [6, 6.07) is 9.98. The quantitative estimate of drug-likeness (QED) is 0.746. The molecule has 4 nitrogen and oxygen atoms in total. The number of allylic oxidation sites excluding steroid dienone is 1. The molecule has 116 valence electrons. The van der Waals surface area contributed by atoms with Crippen LogP contribution in [0.5, 0.6) is 0 Å². The number of carbonyl (C=O) groups excluding carboxylic acids is 1. The Bertz CT molecular complexity index is 629. The van der Waals surface area contributed by atoms with Gasteiger partial charge in [-0.05, 0) is 43.7 Å². The van der Waals surface area contributed by atoms with Crippen molar-refractivity contribution in [2.45, 2.75) is 33.0 Å². The van der Waals surface area contributed by atoms with E-state index in [1.807, 2.05) is 37.3 Å². The molecule has 0 unspecified atom stereocenters.